The van der Waals surface area contributed by atoms with Gasteiger partial charge in [-0.15, -0.1) is 0 Å². The molecule has 0 N–H and O–H groups in total. The van der Waals surface area contributed by atoms with Crippen LogP contribution in [0.3, 0.4) is 0 Å². The van der Waals surface area contributed by atoms with Crippen LogP contribution in [0.15, 0.2) is 63.5 Å². The Hall–Kier alpha value is -2.12. The molecule has 0 radical (unpaired) electrons. The molecule has 0 aliphatic carbocycles. The van der Waals surface area contributed by atoms with Crippen molar-refractivity contribution < 1.29 is 21.6 Å². The summed E-state index contributed by atoms with van der Waals surface area (Å²) in [6.45, 7) is 3.68. The number of alkyl halides is 3. The molecule has 8 heteroatoms. The molecule has 0 amide bonds. The highest BCUT2D eigenvalue weighted by atomic mass is 35.5. The van der Waals surface area contributed by atoms with Crippen molar-refractivity contribution in [3.8, 4) is 11.1 Å². The third-order valence-corrected chi connectivity index (χ3v) is 6.33. The van der Waals surface area contributed by atoms with Crippen LogP contribution in [0.4, 0.5) is 13.2 Å². The summed E-state index contributed by atoms with van der Waals surface area (Å²) in [5.74, 6) is -0.226. The summed E-state index contributed by atoms with van der Waals surface area (Å²) in [6, 6.07) is 13.3. The van der Waals surface area contributed by atoms with E-state index in [2.05, 4.69) is 4.99 Å². The monoisotopic (exact) mass is 457 g/mol. The highest BCUT2D eigenvalue weighted by Crippen LogP contribution is 2.36. The largest absolute Gasteiger partial charge is 0.434 e. The highest BCUT2D eigenvalue weighted by molar-refractivity contribution is 7.90. The molecule has 2 rings (SSSR count). The maximum absolute atomic E-state index is 13.3. The van der Waals surface area contributed by atoms with Gasteiger partial charge >= 0.3 is 6.18 Å². The van der Waals surface area contributed by atoms with Gasteiger partial charge in [-0.25, -0.2) is 8.42 Å². The fraction of sp³-hybridized carbons (Fsp3) is 0.318. The molecule has 0 unspecified atom stereocenters. The van der Waals surface area contributed by atoms with Gasteiger partial charge in [0.05, 0.1) is 9.93 Å². The first-order chi connectivity index (χ1) is 13.9. The molecule has 30 heavy (non-hydrogen) atoms. The number of rotatable bonds is 6. The maximum atomic E-state index is 13.3. The Balaban J connectivity index is 2.56. The second-order valence-electron chi connectivity index (χ2n) is 6.98. The van der Waals surface area contributed by atoms with E-state index >= 15 is 0 Å². The molecular weight excluding hydrogens is 435 g/mol. The highest BCUT2D eigenvalue weighted by Gasteiger charge is 2.38. The van der Waals surface area contributed by atoms with E-state index in [1.165, 1.54) is 6.07 Å². The molecule has 0 saturated carbocycles. The number of aliphatic imine (C=N–C) groups is 1. The lowest BCUT2D eigenvalue weighted by molar-refractivity contribution is -0.0579. The van der Waals surface area contributed by atoms with Crippen molar-refractivity contribution >= 4 is 32.7 Å². The number of hydrogen-bond acceptors (Lipinski definition) is 3. The zero-order valence-corrected chi connectivity index (χ0v) is 18.7. The molecule has 0 bridgehead atoms. The Bertz CT molecular complexity index is 1070. The van der Waals surface area contributed by atoms with Crippen LogP contribution >= 0.6 is 11.6 Å². The molecule has 0 fully saturated rings. The van der Waals surface area contributed by atoms with Crippen LogP contribution in [0.1, 0.15) is 25.8 Å². The molecule has 0 aromatic heterocycles. The van der Waals surface area contributed by atoms with E-state index in [0.29, 0.717) is 23.1 Å². The predicted molar refractivity (Wildman–Crippen MR) is 117 cm³/mol. The number of allylic oxidation sites excluding steroid dienone is 2. The first-order valence-electron chi connectivity index (χ1n) is 9.25. The van der Waals surface area contributed by atoms with Crippen LogP contribution in [0.25, 0.3) is 16.7 Å². The molecule has 2 aromatic carbocycles. The molecule has 162 valence electrons. The minimum atomic E-state index is -4.66. The van der Waals surface area contributed by atoms with Crippen molar-refractivity contribution in [2.24, 2.45) is 10.9 Å². The van der Waals surface area contributed by atoms with E-state index in [0.717, 1.165) is 18.9 Å². The van der Waals surface area contributed by atoms with Crippen LogP contribution in [-0.2, 0) is 9.84 Å². The van der Waals surface area contributed by atoms with E-state index < -0.39 is 26.8 Å². The number of hydrogen-bond donors (Lipinski definition) is 0. The van der Waals surface area contributed by atoms with Crippen LogP contribution in [-0.4, -0.2) is 33.6 Å². The normalized spacial score (nSPS) is 15.0. The minimum absolute atomic E-state index is 0.196. The van der Waals surface area contributed by atoms with Crippen molar-refractivity contribution in [1.82, 2.24) is 0 Å². The van der Waals surface area contributed by atoms with Crippen molar-refractivity contribution in [2.45, 2.75) is 31.3 Å². The fourth-order valence-electron chi connectivity index (χ4n) is 3.06. The van der Waals surface area contributed by atoms with Gasteiger partial charge in [-0.3, -0.25) is 4.99 Å². The van der Waals surface area contributed by atoms with Crippen molar-refractivity contribution in [2.75, 3.05) is 13.3 Å². The van der Waals surface area contributed by atoms with Gasteiger partial charge in [0.1, 0.15) is 0 Å². The maximum Gasteiger partial charge on any atom is 0.434 e. The summed E-state index contributed by atoms with van der Waals surface area (Å²) in [6.07, 6.45) is -2.93. The Morgan fingerprint density at radius 2 is 1.70 bits per heavy atom. The minimum Gasteiger partial charge on any atom is -0.283 e. The Morgan fingerprint density at radius 1 is 1.10 bits per heavy atom. The lowest BCUT2D eigenvalue weighted by Crippen LogP contribution is -2.24. The van der Waals surface area contributed by atoms with E-state index in [9.17, 15) is 21.6 Å². The number of nitrogens with zero attached hydrogens (tertiary/aromatic N) is 1. The van der Waals surface area contributed by atoms with Gasteiger partial charge in [-0.2, -0.15) is 13.2 Å². The SMILES string of the molecule is CC[C@@H](C)/C(=C(/Cl)C(=NC)C(F)(F)F)c1ccc(-c2cccc(S(C)(=O)=O)c2)cc1. The Kier molecular flexibility index (Phi) is 7.53. The molecule has 3 nitrogen and oxygen atoms in total. The van der Waals surface area contributed by atoms with Gasteiger partial charge in [0.25, 0.3) is 0 Å². The van der Waals surface area contributed by atoms with E-state index in [1.807, 2.05) is 13.8 Å². The van der Waals surface area contributed by atoms with Gasteiger partial charge in [0.15, 0.2) is 15.5 Å². The number of sulfone groups is 1. The predicted octanol–water partition coefficient (Wildman–Crippen LogP) is 6.39. The average molecular weight is 458 g/mol. The lowest BCUT2D eigenvalue weighted by Gasteiger charge is -2.20. The average Bonchev–Trinajstić information content (AvgIpc) is 2.67. The van der Waals surface area contributed by atoms with Gasteiger partial charge in [0, 0.05) is 13.3 Å². The lowest BCUT2D eigenvalue weighted by atomic mass is 9.89. The first kappa shape index (κ1) is 24.2. The van der Waals surface area contributed by atoms with Gasteiger partial charge in [0.2, 0.25) is 0 Å². The summed E-state index contributed by atoms with van der Waals surface area (Å²) < 4.78 is 63.6. The Labute approximate surface area is 180 Å². The van der Waals surface area contributed by atoms with Crippen LogP contribution in [0.5, 0.6) is 0 Å². The van der Waals surface area contributed by atoms with Crippen molar-refractivity contribution in [3.05, 3.63) is 59.1 Å². The van der Waals surface area contributed by atoms with Gasteiger partial charge in [-0.1, -0.05) is 61.8 Å². The molecule has 1 atom stereocenters. The quantitative estimate of drug-likeness (QED) is 0.472. The van der Waals surface area contributed by atoms with E-state index in [4.69, 9.17) is 11.6 Å². The van der Waals surface area contributed by atoms with Crippen LogP contribution in [0.2, 0.25) is 0 Å². The zero-order valence-electron chi connectivity index (χ0n) is 17.1. The summed E-state index contributed by atoms with van der Waals surface area (Å²) >= 11 is 6.20. The second kappa shape index (κ2) is 9.35. The summed E-state index contributed by atoms with van der Waals surface area (Å²) in [5.41, 5.74) is 1.25. The van der Waals surface area contributed by atoms with Crippen LogP contribution in [0, 0.1) is 5.92 Å². The van der Waals surface area contributed by atoms with Crippen molar-refractivity contribution in [1.29, 1.82) is 0 Å². The molecular formula is C22H23ClF3NO2S. The third kappa shape index (κ3) is 5.52. The molecule has 2 aromatic rings. The van der Waals surface area contributed by atoms with Gasteiger partial charge < -0.3 is 0 Å². The Morgan fingerprint density at radius 3 is 2.17 bits per heavy atom. The standard InChI is InChI=1S/C22H23ClF3NO2S/c1-5-14(2)19(20(23)21(27-3)22(24,25)26)16-11-9-15(10-12-16)17-7-6-8-18(13-17)30(4,28)29/h6-14H,5H2,1-4H3/b20-19-,27-21?/t14-/m1/s1. The third-order valence-electron chi connectivity index (χ3n) is 4.83. The number of benzene rings is 2. The summed E-state index contributed by atoms with van der Waals surface area (Å²) in [5, 5.41) is -0.411. The molecule has 0 saturated heterocycles. The van der Waals surface area contributed by atoms with E-state index in [-0.39, 0.29) is 10.8 Å². The number of halogens is 4. The fourth-order valence-corrected chi connectivity index (χ4v) is 4.21. The topological polar surface area (TPSA) is 46.5 Å². The van der Waals surface area contributed by atoms with E-state index in [1.54, 1.807) is 42.5 Å². The second-order valence-corrected chi connectivity index (χ2v) is 9.38. The first-order valence-corrected chi connectivity index (χ1v) is 11.5. The molecule has 0 aliphatic rings. The van der Waals surface area contributed by atoms with Crippen molar-refractivity contribution in [3.63, 3.8) is 0 Å². The smallest absolute Gasteiger partial charge is 0.283 e. The molecule has 0 aliphatic heterocycles. The summed E-state index contributed by atoms with van der Waals surface area (Å²) in [4.78, 5) is 3.56. The molecule has 0 heterocycles. The summed E-state index contributed by atoms with van der Waals surface area (Å²) in [7, 11) is -2.29. The zero-order chi connectivity index (χ0) is 22.7. The van der Waals surface area contributed by atoms with Gasteiger partial charge in [-0.05, 0) is 46.7 Å². The van der Waals surface area contributed by atoms with Crippen LogP contribution < -0.4 is 0 Å². The molecule has 0 spiro atoms.